The third-order valence-electron chi connectivity index (χ3n) is 3.06. The molecule has 2 aromatic rings. The summed E-state index contributed by atoms with van der Waals surface area (Å²) in [6, 6.07) is 6.67. The Hall–Kier alpha value is -2.14. The van der Waals surface area contributed by atoms with Gasteiger partial charge in [0.25, 0.3) is 0 Å². The van der Waals surface area contributed by atoms with E-state index in [1.807, 2.05) is 0 Å². The van der Waals surface area contributed by atoms with Gasteiger partial charge in [0, 0.05) is 35.9 Å². The van der Waals surface area contributed by atoms with E-state index < -0.39 is 0 Å². The first-order valence-corrected chi connectivity index (χ1v) is 6.08. The average molecular weight is 259 g/mol. The van der Waals surface area contributed by atoms with Gasteiger partial charge in [0.05, 0.1) is 12.7 Å². The second-order valence-corrected chi connectivity index (χ2v) is 4.58. The van der Waals surface area contributed by atoms with Crippen LogP contribution in [0.2, 0.25) is 0 Å². The van der Waals surface area contributed by atoms with Gasteiger partial charge in [0.15, 0.2) is 0 Å². The highest BCUT2D eigenvalue weighted by Crippen LogP contribution is 2.30. The van der Waals surface area contributed by atoms with E-state index in [-0.39, 0.29) is 17.6 Å². The second-order valence-electron chi connectivity index (χ2n) is 4.58. The number of epoxide rings is 1. The van der Waals surface area contributed by atoms with Crippen molar-refractivity contribution in [1.82, 2.24) is 4.98 Å². The minimum absolute atomic E-state index is 0.152. The van der Waals surface area contributed by atoms with Crippen molar-refractivity contribution in [2.24, 2.45) is 0 Å². The number of hydrogen-bond acceptors (Lipinski definition) is 4. The van der Waals surface area contributed by atoms with E-state index in [1.54, 1.807) is 18.2 Å². The maximum absolute atomic E-state index is 11.3. The third-order valence-corrected chi connectivity index (χ3v) is 3.06. The van der Waals surface area contributed by atoms with Crippen LogP contribution < -0.4 is 10.3 Å². The summed E-state index contributed by atoms with van der Waals surface area (Å²) in [5.74, 6) is 0.171. The molecule has 98 valence electrons. The van der Waals surface area contributed by atoms with Crippen LogP contribution in [0.15, 0.2) is 29.1 Å². The molecule has 1 aromatic carbocycles. The van der Waals surface area contributed by atoms with Crippen molar-refractivity contribution in [2.45, 2.75) is 19.4 Å². The molecule has 1 unspecified atom stereocenters. The van der Waals surface area contributed by atoms with Crippen LogP contribution in [0.4, 0.5) is 0 Å². The Kier molecular flexibility index (Phi) is 2.83. The Morgan fingerprint density at radius 1 is 1.42 bits per heavy atom. The largest absolute Gasteiger partial charge is 0.426 e. The van der Waals surface area contributed by atoms with E-state index in [1.165, 1.54) is 13.0 Å². The zero-order chi connectivity index (χ0) is 13.4. The maximum atomic E-state index is 11.3. The van der Waals surface area contributed by atoms with E-state index >= 15 is 0 Å². The summed E-state index contributed by atoms with van der Waals surface area (Å²) in [6.45, 7) is 2.09. The molecule has 1 aliphatic rings. The third kappa shape index (κ3) is 2.51. The Bertz CT molecular complexity index is 700. The topological polar surface area (TPSA) is 71.7 Å². The highest BCUT2D eigenvalue weighted by Gasteiger charge is 2.25. The van der Waals surface area contributed by atoms with Crippen molar-refractivity contribution in [2.75, 3.05) is 6.61 Å². The highest BCUT2D eigenvalue weighted by molar-refractivity contribution is 5.85. The lowest BCUT2D eigenvalue weighted by atomic mass is 10.0. The Balaban J connectivity index is 2.15. The highest BCUT2D eigenvalue weighted by atomic mass is 16.6. The van der Waals surface area contributed by atoms with Crippen molar-refractivity contribution < 1.29 is 14.3 Å². The number of fused-ring (bicyclic) bond motifs is 1. The lowest BCUT2D eigenvalue weighted by Gasteiger charge is -2.11. The van der Waals surface area contributed by atoms with Gasteiger partial charge in [-0.1, -0.05) is 0 Å². The SMILES string of the molecule is CC(=O)Oc1ccc2[nH]c(=O)ccc2c1CC1CO1. The zero-order valence-corrected chi connectivity index (χ0v) is 10.4. The molecule has 0 saturated carbocycles. The van der Waals surface area contributed by atoms with Crippen molar-refractivity contribution in [3.05, 3.63) is 40.2 Å². The number of aromatic nitrogens is 1. The molecule has 1 N–H and O–H groups in total. The molecule has 5 nitrogen and oxygen atoms in total. The van der Waals surface area contributed by atoms with Gasteiger partial charge in [-0.3, -0.25) is 9.59 Å². The molecule has 1 saturated heterocycles. The molecule has 1 aliphatic heterocycles. The summed E-state index contributed by atoms with van der Waals surface area (Å²) in [4.78, 5) is 25.2. The van der Waals surface area contributed by atoms with Gasteiger partial charge in [0.2, 0.25) is 5.56 Å². The maximum Gasteiger partial charge on any atom is 0.308 e. The minimum atomic E-state index is -0.360. The van der Waals surface area contributed by atoms with Gasteiger partial charge in [0.1, 0.15) is 5.75 Å². The Labute approximate surface area is 109 Å². The molecule has 0 amide bonds. The number of benzene rings is 1. The van der Waals surface area contributed by atoms with Crippen LogP contribution in [0.1, 0.15) is 12.5 Å². The number of aromatic amines is 1. The van der Waals surface area contributed by atoms with E-state index in [4.69, 9.17) is 9.47 Å². The number of carbonyl (C=O) groups is 1. The molecule has 3 rings (SSSR count). The van der Waals surface area contributed by atoms with E-state index in [9.17, 15) is 9.59 Å². The fourth-order valence-corrected chi connectivity index (χ4v) is 2.15. The first-order chi connectivity index (χ1) is 9.13. The van der Waals surface area contributed by atoms with Gasteiger partial charge in [-0.25, -0.2) is 0 Å². The smallest absolute Gasteiger partial charge is 0.308 e. The molecule has 1 fully saturated rings. The van der Waals surface area contributed by atoms with Gasteiger partial charge >= 0.3 is 5.97 Å². The van der Waals surface area contributed by atoms with Crippen molar-refractivity contribution in [1.29, 1.82) is 0 Å². The zero-order valence-electron chi connectivity index (χ0n) is 10.4. The number of esters is 1. The Morgan fingerprint density at radius 3 is 2.89 bits per heavy atom. The fraction of sp³-hybridized carbons (Fsp3) is 0.286. The number of carbonyl (C=O) groups excluding carboxylic acids is 1. The predicted octanol–water partition coefficient (Wildman–Crippen LogP) is 1.39. The van der Waals surface area contributed by atoms with Crippen LogP contribution in [0, 0.1) is 0 Å². The van der Waals surface area contributed by atoms with Gasteiger partial charge in [-0.2, -0.15) is 0 Å². The minimum Gasteiger partial charge on any atom is -0.426 e. The number of nitrogens with one attached hydrogen (secondary N) is 1. The van der Waals surface area contributed by atoms with Gasteiger partial charge in [-0.05, 0) is 18.2 Å². The summed E-state index contributed by atoms with van der Waals surface area (Å²) in [6.07, 6.45) is 0.846. The van der Waals surface area contributed by atoms with Crippen LogP contribution in [-0.4, -0.2) is 23.7 Å². The molecule has 1 atom stereocenters. The molecular formula is C14H13NO4. The van der Waals surface area contributed by atoms with Crippen molar-refractivity contribution in [3.8, 4) is 5.75 Å². The van der Waals surface area contributed by atoms with Crippen molar-refractivity contribution >= 4 is 16.9 Å². The molecule has 5 heteroatoms. The molecule has 0 spiro atoms. The van der Waals surface area contributed by atoms with Crippen LogP contribution in [-0.2, 0) is 16.0 Å². The summed E-state index contributed by atoms with van der Waals surface area (Å²) >= 11 is 0. The predicted molar refractivity (Wildman–Crippen MR) is 69.3 cm³/mol. The molecule has 0 bridgehead atoms. The number of hydrogen-bond donors (Lipinski definition) is 1. The van der Waals surface area contributed by atoms with E-state index in [2.05, 4.69) is 4.98 Å². The standard InChI is InChI=1S/C14H13NO4/c1-8(16)19-13-4-3-12-10(2-5-14(17)15-12)11(13)6-9-7-18-9/h2-5,9H,6-7H2,1H3,(H,15,17). The molecule has 2 heterocycles. The summed E-state index contributed by atoms with van der Waals surface area (Å²) in [7, 11) is 0. The Morgan fingerprint density at radius 2 is 2.21 bits per heavy atom. The summed E-state index contributed by atoms with van der Waals surface area (Å²) < 4.78 is 10.5. The molecule has 0 aliphatic carbocycles. The first kappa shape index (κ1) is 11.9. The van der Waals surface area contributed by atoms with Crippen molar-refractivity contribution in [3.63, 3.8) is 0 Å². The quantitative estimate of drug-likeness (QED) is 0.513. The monoisotopic (exact) mass is 259 g/mol. The summed E-state index contributed by atoms with van der Waals surface area (Å²) in [5.41, 5.74) is 1.48. The van der Waals surface area contributed by atoms with Gasteiger partial charge in [-0.15, -0.1) is 0 Å². The normalized spacial score (nSPS) is 17.4. The lowest BCUT2D eigenvalue weighted by molar-refractivity contribution is -0.131. The van der Waals surface area contributed by atoms with Crippen LogP contribution >= 0.6 is 0 Å². The van der Waals surface area contributed by atoms with E-state index in [0.29, 0.717) is 12.2 Å². The average Bonchev–Trinajstić information content (AvgIpc) is 3.15. The van der Waals surface area contributed by atoms with Crippen LogP contribution in [0.5, 0.6) is 5.75 Å². The van der Waals surface area contributed by atoms with Gasteiger partial charge < -0.3 is 14.5 Å². The number of pyridine rings is 1. The number of ether oxygens (including phenoxy) is 2. The fourth-order valence-electron chi connectivity index (χ4n) is 2.15. The molecular weight excluding hydrogens is 246 g/mol. The number of rotatable bonds is 3. The molecule has 1 aromatic heterocycles. The van der Waals surface area contributed by atoms with Crippen LogP contribution in [0.3, 0.4) is 0 Å². The van der Waals surface area contributed by atoms with E-state index in [0.717, 1.165) is 23.1 Å². The first-order valence-electron chi connectivity index (χ1n) is 6.08. The summed E-state index contributed by atoms with van der Waals surface area (Å²) in [5, 5.41) is 0.883. The molecule has 0 radical (unpaired) electrons. The van der Waals surface area contributed by atoms with Crippen LogP contribution in [0.25, 0.3) is 10.9 Å². The number of H-pyrrole nitrogens is 1. The lowest BCUT2D eigenvalue weighted by Crippen LogP contribution is -2.08. The molecule has 19 heavy (non-hydrogen) atoms. The second kappa shape index (κ2) is 4.51.